The first-order valence-electron chi connectivity index (χ1n) is 8.53. The number of aromatic nitrogens is 2. The Morgan fingerprint density at radius 1 is 1.17 bits per heavy atom. The van der Waals surface area contributed by atoms with E-state index in [0.717, 1.165) is 31.7 Å². The average molecular weight is 333 g/mol. The molecule has 0 spiro atoms. The molecule has 1 saturated heterocycles. The van der Waals surface area contributed by atoms with Gasteiger partial charge in [0.1, 0.15) is 0 Å². The van der Waals surface area contributed by atoms with E-state index in [1.165, 1.54) is 0 Å². The molecule has 2 rings (SSSR count). The van der Waals surface area contributed by atoms with Gasteiger partial charge in [-0.25, -0.2) is 0 Å². The standard InChI is InChI=1S/C17H27N5O2/c1-11(2)12(3)19-16(23)13-7-9-22(10-8-13)15-6-5-14(20-21-15)17(24)18-4/h5-6,11-13H,7-10H2,1-4H3,(H,18,24)(H,19,23). The van der Waals surface area contributed by atoms with E-state index in [-0.39, 0.29) is 23.8 Å². The van der Waals surface area contributed by atoms with Crippen molar-refractivity contribution in [3.05, 3.63) is 17.8 Å². The van der Waals surface area contributed by atoms with Crippen LogP contribution in [0.1, 0.15) is 44.1 Å². The number of hydrogen-bond acceptors (Lipinski definition) is 5. The van der Waals surface area contributed by atoms with Crippen molar-refractivity contribution in [1.82, 2.24) is 20.8 Å². The summed E-state index contributed by atoms with van der Waals surface area (Å²) in [6, 6.07) is 3.67. The lowest BCUT2D eigenvalue weighted by atomic mass is 9.95. The Morgan fingerprint density at radius 2 is 1.83 bits per heavy atom. The van der Waals surface area contributed by atoms with E-state index in [2.05, 4.69) is 39.6 Å². The van der Waals surface area contributed by atoms with Gasteiger partial charge in [-0.05, 0) is 37.8 Å². The van der Waals surface area contributed by atoms with Crippen molar-refractivity contribution in [2.75, 3.05) is 25.0 Å². The lowest BCUT2D eigenvalue weighted by molar-refractivity contribution is -0.126. The van der Waals surface area contributed by atoms with Crippen molar-refractivity contribution in [2.24, 2.45) is 11.8 Å². The molecule has 1 fully saturated rings. The maximum Gasteiger partial charge on any atom is 0.271 e. The molecule has 1 aromatic rings. The summed E-state index contributed by atoms with van der Waals surface area (Å²) in [5.74, 6) is 1.14. The number of piperidine rings is 1. The average Bonchev–Trinajstić information content (AvgIpc) is 2.61. The minimum atomic E-state index is -0.247. The maximum absolute atomic E-state index is 12.3. The zero-order chi connectivity index (χ0) is 17.7. The van der Waals surface area contributed by atoms with Crippen LogP contribution in [0, 0.1) is 11.8 Å². The van der Waals surface area contributed by atoms with Crippen LogP contribution >= 0.6 is 0 Å². The maximum atomic E-state index is 12.3. The molecule has 2 amide bonds. The normalized spacial score (nSPS) is 16.8. The molecule has 0 bridgehead atoms. The van der Waals surface area contributed by atoms with Gasteiger partial charge >= 0.3 is 0 Å². The number of rotatable bonds is 5. The van der Waals surface area contributed by atoms with Crippen LogP contribution in [0.2, 0.25) is 0 Å². The predicted octanol–water partition coefficient (Wildman–Crippen LogP) is 1.21. The van der Waals surface area contributed by atoms with E-state index in [0.29, 0.717) is 11.6 Å². The SMILES string of the molecule is CNC(=O)c1ccc(N2CCC(C(=O)NC(C)C(C)C)CC2)nn1. The van der Waals surface area contributed by atoms with Crippen LogP contribution in [-0.4, -0.2) is 48.2 Å². The van der Waals surface area contributed by atoms with Gasteiger partial charge in [-0.3, -0.25) is 9.59 Å². The Balaban J connectivity index is 1.88. The summed E-state index contributed by atoms with van der Waals surface area (Å²) in [6.07, 6.45) is 1.60. The number of nitrogens with zero attached hydrogens (tertiary/aromatic N) is 3. The largest absolute Gasteiger partial charge is 0.355 e. The Kier molecular flexibility index (Phi) is 6.11. The first-order chi connectivity index (χ1) is 11.4. The molecule has 7 heteroatoms. The second-order valence-electron chi connectivity index (χ2n) is 6.66. The number of nitrogens with one attached hydrogen (secondary N) is 2. The molecule has 0 aromatic carbocycles. The van der Waals surface area contributed by atoms with Crippen LogP contribution in [0.25, 0.3) is 0 Å². The van der Waals surface area contributed by atoms with Gasteiger partial charge in [0.15, 0.2) is 11.5 Å². The summed E-state index contributed by atoms with van der Waals surface area (Å²) >= 11 is 0. The highest BCUT2D eigenvalue weighted by Gasteiger charge is 2.27. The molecule has 1 aliphatic heterocycles. The van der Waals surface area contributed by atoms with Gasteiger partial charge in [-0.1, -0.05) is 13.8 Å². The molecule has 0 radical (unpaired) electrons. The van der Waals surface area contributed by atoms with Crippen molar-refractivity contribution in [3.8, 4) is 0 Å². The molecule has 0 saturated carbocycles. The molecule has 1 aliphatic rings. The van der Waals surface area contributed by atoms with Crippen molar-refractivity contribution in [3.63, 3.8) is 0 Å². The molecule has 1 aromatic heterocycles. The van der Waals surface area contributed by atoms with Gasteiger partial charge in [0, 0.05) is 32.1 Å². The number of amides is 2. The van der Waals surface area contributed by atoms with Gasteiger partial charge < -0.3 is 15.5 Å². The predicted molar refractivity (Wildman–Crippen MR) is 92.8 cm³/mol. The number of anilines is 1. The fraction of sp³-hybridized carbons (Fsp3) is 0.647. The van der Waals surface area contributed by atoms with Crippen LogP contribution in [-0.2, 0) is 4.79 Å². The fourth-order valence-corrected chi connectivity index (χ4v) is 2.62. The number of carbonyl (C=O) groups excluding carboxylic acids is 2. The van der Waals surface area contributed by atoms with E-state index >= 15 is 0 Å². The van der Waals surface area contributed by atoms with Crippen LogP contribution in [0.3, 0.4) is 0 Å². The lowest BCUT2D eigenvalue weighted by Gasteiger charge is -2.32. The minimum absolute atomic E-state index is 0.0561. The molecule has 1 atom stereocenters. The lowest BCUT2D eigenvalue weighted by Crippen LogP contribution is -2.44. The van der Waals surface area contributed by atoms with E-state index in [4.69, 9.17) is 0 Å². The molecule has 132 valence electrons. The first kappa shape index (κ1) is 18.2. The summed E-state index contributed by atoms with van der Waals surface area (Å²) in [5.41, 5.74) is 0.304. The molecule has 0 aliphatic carbocycles. The highest BCUT2D eigenvalue weighted by Crippen LogP contribution is 2.22. The third-order valence-corrected chi connectivity index (χ3v) is 4.67. The van der Waals surface area contributed by atoms with Gasteiger partial charge in [0.2, 0.25) is 5.91 Å². The topological polar surface area (TPSA) is 87.2 Å². The molecular formula is C17H27N5O2. The van der Waals surface area contributed by atoms with Crippen molar-refractivity contribution >= 4 is 17.6 Å². The Hall–Kier alpha value is -2.18. The van der Waals surface area contributed by atoms with Gasteiger partial charge in [-0.2, -0.15) is 0 Å². The van der Waals surface area contributed by atoms with E-state index in [1.54, 1.807) is 19.2 Å². The molecular weight excluding hydrogens is 306 g/mol. The van der Waals surface area contributed by atoms with Crippen LogP contribution < -0.4 is 15.5 Å². The second kappa shape index (κ2) is 8.08. The highest BCUT2D eigenvalue weighted by atomic mass is 16.2. The van der Waals surface area contributed by atoms with E-state index in [9.17, 15) is 9.59 Å². The summed E-state index contributed by atoms with van der Waals surface area (Å²) in [7, 11) is 1.56. The van der Waals surface area contributed by atoms with Crippen molar-refractivity contribution in [2.45, 2.75) is 39.7 Å². The van der Waals surface area contributed by atoms with Crippen LogP contribution in [0.15, 0.2) is 12.1 Å². The highest BCUT2D eigenvalue weighted by molar-refractivity contribution is 5.91. The van der Waals surface area contributed by atoms with E-state index < -0.39 is 0 Å². The minimum Gasteiger partial charge on any atom is -0.355 e. The van der Waals surface area contributed by atoms with Crippen LogP contribution in [0.5, 0.6) is 0 Å². The zero-order valence-electron chi connectivity index (χ0n) is 14.9. The first-order valence-corrected chi connectivity index (χ1v) is 8.53. The Bertz CT molecular complexity index is 565. The van der Waals surface area contributed by atoms with Gasteiger partial charge in [0.05, 0.1) is 0 Å². The monoisotopic (exact) mass is 333 g/mol. The summed E-state index contributed by atoms with van der Waals surface area (Å²) in [4.78, 5) is 25.9. The second-order valence-corrected chi connectivity index (χ2v) is 6.66. The summed E-state index contributed by atoms with van der Waals surface area (Å²) in [5, 5.41) is 13.7. The molecule has 2 heterocycles. The van der Waals surface area contributed by atoms with E-state index in [1.807, 2.05) is 6.92 Å². The Morgan fingerprint density at radius 3 is 2.33 bits per heavy atom. The van der Waals surface area contributed by atoms with Gasteiger partial charge in [-0.15, -0.1) is 10.2 Å². The zero-order valence-corrected chi connectivity index (χ0v) is 14.9. The third-order valence-electron chi connectivity index (χ3n) is 4.67. The molecule has 7 nitrogen and oxygen atoms in total. The van der Waals surface area contributed by atoms with Crippen molar-refractivity contribution < 1.29 is 9.59 Å². The third kappa shape index (κ3) is 4.43. The molecule has 2 N–H and O–H groups in total. The van der Waals surface area contributed by atoms with Gasteiger partial charge in [0.25, 0.3) is 5.91 Å². The summed E-state index contributed by atoms with van der Waals surface area (Å²) in [6.45, 7) is 7.79. The molecule has 1 unspecified atom stereocenters. The summed E-state index contributed by atoms with van der Waals surface area (Å²) < 4.78 is 0. The Labute approximate surface area is 143 Å². The van der Waals surface area contributed by atoms with Crippen LogP contribution in [0.4, 0.5) is 5.82 Å². The number of hydrogen-bond donors (Lipinski definition) is 2. The number of carbonyl (C=O) groups is 2. The quantitative estimate of drug-likeness (QED) is 0.846. The fourth-order valence-electron chi connectivity index (χ4n) is 2.62. The molecule has 24 heavy (non-hydrogen) atoms. The van der Waals surface area contributed by atoms with Crippen molar-refractivity contribution in [1.29, 1.82) is 0 Å². The smallest absolute Gasteiger partial charge is 0.271 e.